The highest BCUT2D eigenvalue weighted by atomic mass is 32.1. The Morgan fingerprint density at radius 3 is 2.52 bits per heavy atom. The monoisotopic (exact) mass is 323 g/mol. The van der Waals surface area contributed by atoms with Gasteiger partial charge in [-0.1, -0.05) is 54.6 Å². The van der Waals surface area contributed by atoms with Gasteiger partial charge < -0.3 is 10.1 Å². The van der Waals surface area contributed by atoms with Crippen molar-refractivity contribution in [2.75, 3.05) is 13.2 Å². The quantitative estimate of drug-likeness (QED) is 0.690. The maximum atomic E-state index is 11.8. The molecule has 0 unspecified atom stereocenters. The Bertz CT molecular complexity index is 754. The van der Waals surface area contributed by atoms with Crippen LogP contribution in [0, 0.1) is 0 Å². The zero-order valence-corrected chi connectivity index (χ0v) is 13.4. The summed E-state index contributed by atoms with van der Waals surface area (Å²) < 4.78 is 5.85. The van der Waals surface area contributed by atoms with Crippen LogP contribution in [-0.4, -0.2) is 19.1 Å². The lowest BCUT2D eigenvalue weighted by Gasteiger charge is -2.12. The van der Waals surface area contributed by atoms with Gasteiger partial charge in [0.25, 0.3) is 5.91 Å². The van der Waals surface area contributed by atoms with Crippen molar-refractivity contribution in [1.82, 2.24) is 5.32 Å². The minimum atomic E-state index is -0.0556. The second kappa shape index (κ2) is 7.61. The fourth-order valence-corrected chi connectivity index (χ4v) is 2.91. The minimum absolute atomic E-state index is 0.0556. The summed E-state index contributed by atoms with van der Waals surface area (Å²) >= 11 is 1.43. The highest BCUT2D eigenvalue weighted by Crippen LogP contribution is 2.29. The molecule has 0 aliphatic carbocycles. The molecular weight excluding hydrogens is 306 g/mol. The average molecular weight is 323 g/mol. The summed E-state index contributed by atoms with van der Waals surface area (Å²) in [6.07, 6.45) is 0. The van der Waals surface area contributed by atoms with Gasteiger partial charge >= 0.3 is 0 Å². The molecule has 0 saturated carbocycles. The number of hydrogen-bond acceptors (Lipinski definition) is 3. The molecule has 0 aliphatic heterocycles. The maximum Gasteiger partial charge on any atom is 0.261 e. The third-order valence-corrected chi connectivity index (χ3v) is 4.23. The Morgan fingerprint density at radius 1 is 0.957 bits per heavy atom. The van der Waals surface area contributed by atoms with Gasteiger partial charge in [0.2, 0.25) is 0 Å². The molecule has 0 spiro atoms. The van der Waals surface area contributed by atoms with Gasteiger partial charge in [0, 0.05) is 5.56 Å². The molecule has 23 heavy (non-hydrogen) atoms. The van der Waals surface area contributed by atoms with Gasteiger partial charge in [-0.2, -0.15) is 0 Å². The first-order valence-corrected chi connectivity index (χ1v) is 8.31. The van der Waals surface area contributed by atoms with E-state index in [1.54, 1.807) is 0 Å². The van der Waals surface area contributed by atoms with Crippen LogP contribution >= 0.6 is 11.3 Å². The lowest BCUT2D eigenvalue weighted by molar-refractivity contribution is 0.0951. The number of carbonyl (C=O) groups is 1. The van der Waals surface area contributed by atoms with E-state index < -0.39 is 0 Å². The van der Waals surface area contributed by atoms with Crippen LogP contribution in [0.2, 0.25) is 0 Å². The van der Waals surface area contributed by atoms with Gasteiger partial charge in [-0.15, -0.1) is 11.3 Å². The number of hydrogen-bond donors (Lipinski definition) is 1. The fraction of sp³-hybridized carbons (Fsp3) is 0.105. The highest BCUT2D eigenvalue weighted by Gasteiger charge is 2.07. The third kappa shape index (κ3) is 3.99. The number of para-hydroxylation sites is 1. The molecule has 1 heterocycles. The first-order valence-electron chi connectivity index (χ1n) is 7.43. The SMILES string of the molecule is O=C(NCCOc1ccccc1-c1ccccc1)c1cccs1. The van der Waals surface area contributed by atoms with E-state index in [2.05, 4.69) is 17.4 Å². The second-order valence-corrected chi connectivity index (χ2v) is 5.89. The van der Waals surface area contributed by atoms with Crippen molar-refractivity contribution < 1.29 is 9.53 Å². The summed E-state index contributed by atoms with van der Waals surface area (Å²) in [4.78, 5) is 12.6. The van der Waals surface area contributed by atoms with E-state index in [-0.39, 0.29) is 5.91 Å². The number of carbonyl (C=O) groups excluding carboxylic acids is 1. The van der Waals surface area contributed by atoms with E-state index in [0.717, 1.165) is 21.8 Å². The van der Waals surface area contributed by atoms with Crippen LogP contribution in [0.3, 0.4) is 0 Å². The summed E-state index contributed by atoms with van der Waals surface area (Å²) in [5.74, 6) is 0.768. The molecule has 1 aromatic heterocycles. The minimum Gasteiger partial charge on any atom is -0.491 e. The van der Waals surface area contributed by atoms with Crippen molar-refractivity contribution in [3.05, 3.63) is 77.0 Å². The zero-order chi connectivity index (χ0) is 15.9. The largest absolute Gasteiger partial charge is 0.491 e. The number of nitrogens with one attached hydrogen (secondary N) is 1. The van der Waals surface area contributed by atoms with E-state index in [1.807, 2.05) is 60.0 Å². The van der Waals surface area contributed by atoms with Crippen molar-refractivity contribution in [1.29, 1.82) is 0 Å². The van der Waals surface area contributed by atoms with Gasteiger partial charge in [0.1, 0.15) is 12.4 Å². The van der Waals surface area contributed by atoms with Gasteiger partial charge in [-0.25, -0.2) is 0 Å². The normalized spacial score (nSPS) is 10.3. The van der Waals surface area contributed by atoms with Crippen molar-refractivity contribution in [3.63, 3.8) is 0 Å². The second-order valence-electron chi connectivity index (χ2n) is 4.94. The molecule has 0 fully saturated rings. The van der Waals surface area contributed by atoms with Gasteiger partial charge in [0.15, 0.2) is 0 Å². The number of rotatable bonds is 6. The van der Waals surface area contributed by atoms with Crippen molar-refractivity contribution in [3.8, 4) is 16.9 Å². The number of ether oxygens (including phenoxy) is 1. The van der Waals surface area contributed by atoms with E-state index in [9.17, 15) is 4.79 Å². The van der Waals surface area contributed by atoms with Gasteiger partial charge in [-0.05, 0) is 23.1 Å². The molecule has 0 radical (unpaired) electrons. The van der Waals surface area contributed by atoms with Crippen LogP contribution in [-0.2, 0) is 0 Å². The zero-order valence-electron chi connectivity index (χ0n) is 12.6. The summed E-state index contributed by atoms with van der Waals surface area (Å²) in [5, 5.41) is 4.75. The van der Waals surface area contributed by atoms with E-state index >= 15 is 0 Å². The van der Waals surface area contributed by atoms with Crippen LogP contribution in [0.1, 0.15) is 9.67 Å². The Morgan fingerprint density at radius 2 is 1.74 bits per heavy atom. The summed E-state index contributed by atoms with van der Waals surface area (Å²) in [7, 11) is 0. The standard InChI is InChI=1S/C19H17NO2S/c21-19(18-11-6-14-23-18)20-12-13-22-17-10-5-4-9-16(17)15-7-2-1-3-8-15/h1-11,14H,12-13H2,(H,20,21). The van der Waals surface area contributed by atoms with Crippen LogP contribution in [0.15, 0.2) is 72.1 Å². The molecule has 3 aromatic rings. The molecule has 1 amide bonds. The first kappa shape index (κ1) is 15.3. The van der Waals surface area contributed by atoms with Gasteiger partial charge in [0.05, 0.1) is 11.4 Å². The molecule has 0 saturated heterocycles. The van der Waals surface area contributed by atoms with Crippen molar-refractivity contribution in [2.45, 2.75) is 0 Å². The molecule has 4 heteroatoms. The fourth-order valence-electron chi connectivity index (χ4n) is 2.27. The molecule has 3 rings (SSSR count). The summed E-state index contributed by atoms with van der Waals surface area (Å²) in [6.45, 7) is 0.904. The van der Waals surface area contributed by atoms with Crippen molar-refractivity contribution in [2.24, 2.45) is 0 Å². The molecule has 0 bridgehead atoms. The number of thiophene rings is 1. The lowest BCUT2D eigenvalue weighted by Crippen LogP contribution is -2.27. The van der Waals surface area contributed by atoms with E-state index in [1.165, 1.54) is 11.3 Å². The summed E-state index contributed by atoms with van der Waals surface area (Å²) in [5.41, 5.74) is 2.17. The van der Waals surface area contributed by atoms with Crippen LogP contribution < -0.4 is 10.1 Å². The molecule has 116 valence electrons. The topological polar surface area (TPSA) is 38.3 Å². The molecule has 3 nitrogen and oxygen atoms in total. The van der Waals surface area contributed by atoms with Crippen molar-refractivity contribution >= 4 is 17.2 Å². The Labute approximate surface area is 139 Å². The van der Waals surface area contributed by atoms with E-state index in [0.29, 0.717) is 13.2 Å². The molecule has 2 aromatic carbocycles. The first-order chi connectivity index (χ1) is 11.3. The summed E-state index contributed by atoms with van der Waals surface area (Å²) in [6, 6.07) is 21.7. The molecular formula is C19H17NO2S. The Kier molecular flexibility index (Phi) is 5.06. The Hall–Kier alpha value is -2.59. The maximum absolute atomic E-state index is 11.8. The van der Waals surface area contributed by atoms with E-state index in [4.69, 9.17) is 4.74 Å². The molecule has 0 atom stereocenters. The number of benzene rings is 2. The Balaban J connectivity index is 1.58. The predicted molar refractivity (Wildman–Crippen MR) is 94.0 cm³/mol. The highest BCUT2D eigenvalue weighted by molar-refractivity contribution is 7.12. The molecule has 1 N–H and O–H groups in total. The predicted octanol–water partition coefficient (Wildman–Crippen LogP) is 4.22. The van der Waals surface area contributed by atoms with Crippen LogP contribution in [0.25, 0.3) is 11.1 Å². The van der Waals surface area contributed by atoms with Crippen LogP contribution in [0.5, 0.6) is 5.75 Å². The van der Waals surface area contributed by atoms with Crippen LogP contribution in [0.4, 0.5) is 0 Å². The lowest BCUT2D eigenvalue weighted by atomic mass is 10.1. The molecule has 0 aliphatic rings. The third-order valence-electron chi connectivity index (χ3n) is 3.36. The smallest absolute Gasteiger partial charge is 0.261 e. The van der Waals surface area contributed by atoms with Gasteiger partial charge in [-0.3, -0.25) is 4.79 Å². The number of amides is 1. The average Bonchev–Trinajstić information content (AvgIpc) is 3.14.